The summed E-state index contributed by atoms with van der Waals surface area (Å²) < 4.78 is 1.77. The first-order valence-corrected chi connectivity index (χ1v) is 5.97. The van der Waals surface area contributed by atoms with Crippen molar-refractivity contribution in [1.29, 1.82) is 0 Å². The molecule has 0 aliphatic carbocycles. The zero-order valence-electron chi connectivity index (χ0n) is 10.4. The highest BCUT2D eigenvalue weighted by atomic mass is 16.4. The number of nitrogens with zero attached hydrogens (tertiary/aromatic N) is 2. The molecule has 6 heteroatoms. The van der Waals surface area contributed by atoms with E-state index in [1.807, 2.05) is 13.8 Å². The molecule has 1 aliphatic rings. The molecule has 0 spiro atoms. The highest BCUT2D eigenvalue weighted by molar-refractivity contribution is 5.87. The Hall–Kier alpha value is -1.85. The van der Waals surface area contributed by atoms with Crippen molar-refractivity contribution in [3.8, 4) is 0 Å². The first-order valence-electron chi connectivity index (χ1n) is 5.97. The van der Waals surface area contributed by atoms with Crippen molar-refractivity contribution in [2.24, 2.45) is 5.92 Å². The van der Waals surface area contributed by atoms with E-state index in [0.29, 0.717) is 30.9 Å². The zero-order chi connectivity index (χ0) is 13.4. The van der Waals surface area contributed by atoms with Gasteiger partial charge in [-0.1, -0.05) is 13.8 Å². The van der Waals surface area contributed by atoms with Gasteiger partial charge in [0.15, 0.2) is 5.69 Å². The van der Waals surface area contributed by atoms with Gasteiger partial charge in [0.1, 0.15) is 5.82 Å². The third-order valence-corrected chi connectivity index (χ3v) is 3.30. The Morgan fingerprint density at radius 2 is 2.06 bits per heavy atom. The second-order valence-corrected chi connectivity index (χ2v) is 4.91. The number of carboxylic acid groups (broad SMARTS) is 2. The first kappa shape index (κ1) is 12.6. The van der Waals surface area contributed by atoms with Crippen molar-refractivity contribution < 1.29 is 19.8 Å². The van der Waals surface area contributed by atoms with Crippen molar-refractivity contribution in [2.75, 3.05) is 0 Å². The number of fused-ring (bicyclic) bond motifs is 1. The molecular weight excluding hydrogens is 236 g/mol. The average Bonchev–Trinajstić information content (AvgIpc) is 2.67. The van der Waals surface area contributed by atoms with Gasteiger partial charge in [-0.2, -0.15) is 0 Å². The van der Waals surface area contributed by atoms with Crippen LogP contribution in [0.5, 0.6) is 0 Å². The zero-order valence-corrected chi connectivity index (χ0v) is 10.4. The van der Waals surface area contributed by atoms with Crippen LogP contribution in [0.25, 0.3) is 0 Å². The number of carbonyl (C=O) groups is 2. The Bertz CT molecular complexity index is 504. The molecule has 1 unspecified atom stereocenters. The van der Waals surface area contributed by atoms with E-state index in [4.69, 9.17) is 10.2 Å². The number of imidazole rings is 1. The first-order chi connectivity index (χ1) is 8.41. The fraction of sp³-hybridized carbons (Fsp3) is 0.583. The summed E-state index contributed by atoms with van der Waals surface area (Å²) in [5.41, 5.74) is 0.728. The third-order valence-electron chi connectivity index (χ3n) is 3.30. The van der Waals surface area contributed by atoms with Gasteiger partial charge in [0, 0.05) is 12.5 Å². The standard InChI is InChI=1S/C12H16N2O4/c1-6(2)10-13-9(12(17)18)8-4-3-7(11(15)16)5-14(8)10/h6-7H,3-5H2,1-2H3,(H,15,16)(H,17,18). The van der Waals surface area contributed by atoms with Crippen molar-refractivity contribution >= 4 is 11.9 Å². The quantitative estimate of drug-likeness (QED) is 0.847. The van der Waals surface area contributed by atoms with Crippen molar-refractivity contribution in [3.63, 3.8) is 0 Å². The van der Waals surface area contributed by atoms with Gasteiger partial charge in [-0.25, -0.2) is 9.78 Å². The van der Waals surface area contributed by atoms with Crippen LogP contribution in [0.1, 0.15) is 48.2 Å². The van der Waals surface area contributed by atoms with Crippen LogP contribution >= 0.6 is 0 Å². The van der Waals surface area contributed by atoms with E-state index in [2.05, 4.69) is 4.98 Å². The Morgan fingerprint density at radius 1 is 1.39 bits per heavy atom. The second-order valence-electron chi connectivity index (χ2n) is 4.91. The number of carboxylic acids is 2. The van der Waals surface area contributed by atoms with Gasteiger partial charge in [-0.3, -0.25) is 4.79 Å². The summed E-state index contributed by atoms with van der Waals surface area (Å²) in [5, 5.41) is 18.2. The topological polar surface area (TPSA) is 92.4 Å². The molecular formula is C12H16N2O4. The van der Waals surface area contributed by atoms with E-state index in [0.717, 1.165) is 0 Å². The smallest absolute Gasteiger partial charge is 0.356 e. The average molecular weight is 252 g/mol. The predicted octanol–water partition coefficient (Wildman–Crippen LogP) is 1.35. The van der Waals surface area contributed by atoms with Gasteiger partial charge >= 0.3 is 11.9 Å². The largest absolute Gasteiger partial charge is 0.481 e. The lowest BCUT2D eigenvalue weighted by atomic mass is 9.97. The summed E-state index contributed by atoms with van der Waals surface area (Å²) in [6.45, 7) is 4.16. The number of hydrogen-bond donors (Lipinski definition) is 2. The monoisotopic (exact) mass is 252 g/mol. The minimum absolute atomic E-state index is 0.0718. The lowest BCUT2D eigenvalue weighted by Crippen LogP contribution is -2.28. The molecule has 0 fully saturated rings. The number of aromatic nitrogens is 2. The summed E-state index contributed by atoms with van der Waals surface area (Å²) in [4.78, 5) is 26.3. The van der Waals surface area contributed by atoms with Crippen LogP contribution in [-0.4, -0.2) is 31.7 Å². The Labute approximate surface area is 104 Å². The van der Waals surface area contributed by atoms with E-state index in [-0.39, 0.29) is 11.6 Å². The molecule has 0 saturated heterocycles. The molecule has 1 aromatic rings. The van der Waals surface area contributed by atoms with E-state index in [1.165, 1.54) is 0 Å². The molecule has 2 rings (SSSR count). The van der Waals surface area contributed by atoms with E-state index in [1.54, 1.807) is 4.57 Å². The summed E-state index contributed by atoms with van der Waals surface area (Å²) in [6.07, 6.45) is 0.928. The van der Waals surface area contributed by atoms with Gasteiger partial charge in [0.25, 0.3) is 0 Å². The van der Waals surface area contributed by atoms with Gasteiger partial charge in [0.2, 0.25) is 0 Å². The Balaban J connectivity index is 2.47. The summed E-state index contributed by atoms with van der Waals surface area (Å²) in [6, 6.07) is 0. The van der Waals surface area contributed by atoms with Gasteiger partial charge in [0.05, 0.1) is 11.6 Å². The van der Waals surface area contributed by atoms with Crippen LogP contribution in [0.15, 0.2) is 0 Å². The van der Waals surface area contributed by atoms with E-state index >= 15 is 0 Å². The van der Waals surface area contributed by atoms with Crippen LogP contribution in [-0.2, 0) is 17.8 Å². The highest BCUT2D eigenvalue weighted by Crippen LogP contribution is 2.28. The second kappa shape index (κ2) is 4.44. The molecule has 0 radical (unpaired) electrons. The number of aliphatic carboxylic acids is 1. The van der Waals surface area contributed by atoms with Gasteiger partial charge in [-0.15, -0.1) is 0 Å². The van der Waals surface area contributed by atoms with Crippen LogP contribution in [0.3, 0.4) is 0 Å². The summed E-state index contributed by atoms with van der Waals surface area (Å²) in [5.74, 6) is -1.59. The molecule has 0 bridgehead atoms. The molecule has 0 aromatic carbocycles. The van der Waals surface area contributed by atoms with Gasteiger partial charge in [-0.05, 0) is 12.8 Å². The fourth-order valence-corrected chi connectivity index (χ4v) is 2.40. The van der Waals surface area contributed by atoms with Crippen molar-refractivity contribution in [2.45, 2.75) is 39.2 Å². The maximum absolute atomic E-state index is 11.1. The Morgan fingerprint density at radius 3 is 2.56 bits per heavy atom. The van der Waals surface area contributed by atoms with E-state index < -0.39 is 17.9 Å². The molecule has 0 amide bonds. The lowest BCUT2D eigenvalue weighted by Gasteiger charge is -2.23. The normalized spacial score (nSPS) is 18.7. The molecule has 1 aromatic heterocycles. The number of aromatic carboxylic acids is 1. The Kier molecular flexibility index (Phi) is 3.11. The molecule has 1 aliphatic heterocycles. The molecule has 1 atom stereocenters. The molecule has 0 saturated carbocycles. The third kappa shape index (κ3) is 1.98. The van der Waals surface area contributed by atoms with Crippen LogP contribution in [0, 0.1) is 5.92 Å². The minimum atomic E-state index is -1.04. The minimum Gasteiger partial charge on any atom is -0.481 e. The van der Waals surface area contributed by atoms with Crippen LogP contribution < -0.4 is 0 Å². The van der Waals surface area contributed by atoms with Gasteiger partial charge < -0.3 is 14.8 Å². The SMILES string of the molecule is CC(C)c1nc(C(=O)O)c2n1CC(C(=O)O)CC2. The van der Waals surface area contributed by atoms with E-state index in [9.17, 15) is 9.59 Å². The lowest BCUT2D eigenvalue weighted by molar-refractivity contribution is -0.142. The molecule has 98 valence electrons. The predicted molar refractivity (Wildman–Crippen MR) is 62.7 cm³/mol. The van der Waals surface area contributed by atoms with Crippen LogP contribution in [0.4, 0.5) is 0 Å². The molecule has 2 heterocycles. The summed E-state index contributed by atoms with van der Waals surface area (Å²) in [7, 11) is 0. The molecule has 2 N–H and O–H groups in total. The summed E-state index contributed by atoms with van der Waals surface area (Å²) >= 11 is 0. The fourth-order valence-electron chi connectivity index (χ4n) is 2.40. The number of hydrogen-bond acceptors (Lipinski definition) is 3. The van der Waals surface area contributed by atoms with Crippen molar-refractivity contribution in [1.82, 2.24) is 9.55 Å². The number of rotatable bonds is 3. The maximum Gasteiger partial charge on any atom is 0.356 e. The highest BCUT2D eigenvalue weighted by Gasteiger charge is 2.31. The van der Waals surface area contributed by atoms with Crippen molar-refractivity contribution in [3.05, 3.63) is 17.2 Å². The molecule has 6 nitrogen and oxygen atoms in total. The van der Waals surface area contributed by atoms with Crippen LogP contribution in [0.2, 0.25) is 0 Å². The maximum atomic E-state index is 11.1. The molecule has 18 heavy (non-hydrogen) atoms.